The monoisotopic (exact) mass is 657 g/mol. The number of thiophene rings is 1. The van der Waals surface area contributed by atoms with E-state index in [4.69, 9.17) is 9.97 Å². The average molecular weight is 658 g/mol. The Morgan fingerprint density at radius 3 is 1.98 bits per heavy atom. The van der Waals surface area contributed by atoms with Crippen LogP contribution in [-0.2, 0) is 0 Å². The van der Waals surface area contributed by atoms with Crippen molar-refractivity contribution < 1.29 is 0 Å². The Balaban J connectivity index is 1.05. The molecule has 0 saturated carbocycles. The van der Waals surface area contributed by atoms with Crippen LogP contribution in [0.3, 0.4) is 0 Å². The van der Waals surface area contributed by atoms with Crippen molar-refractivity contribution in [1.29, 1.82) is 0 Å². The van der Waals surface area contributed by atoms with Gasteiger partial charge in [-0.15, -0.1) is 11.3 Å². The summed E-state index contributed by atoms with van der Waals surface area (Å²) in [7, 11) is 0. The number of allylic oxidation sites excluding steroid dienone is 2. The standard InChI is InChI=1S/C46H31N3S/c1-3-12-30(13-4-1)40-29-41(31-14-5-2-6-15-31)48-46(47-40)32-22-25-34(26-23-32)49-42-20-9-7-16-36(42)37-27-24-33(28-43(37)49)35-18-11-19-39-38-17-8-10-21-44(38)50-45(35)39/h1-29,37,43H. The van der Waals surface area contributed by atoms with Gasteiger partial charge in [0.1, 0.15) is 0 Å². The number of rotatable bonds is 5. The Morgan fingerprint density at radius 1 is 0.560 bits per heavy atom. The number of hydrogen-bond acceptors (Lipinski definition) is 4. The number of nitrogens with zero attached hydrogens (tertiary/aromatic N) is 3. The van der Waals surface area contributed by atoms with E-state index in [0.717, 1.165) is 39.6 Å². The van der Waals surface area contributed by atoms with Gasteiger partial charge in [0.15, 0.2) is 5.82 Å². The quantitative estimate of drug-likeness (QED) is 0.184. The van der Waals surface area contributed by atoms with Crippen molar-refractivity contribution in [3.8, 4) is 33.9 Å². The largest absolute Gasteiger partial charge is 0.333 e. The highest BCUT2D eigenvalue weighted by atomic mass is 32.1. The first kappa shape index (κ1) is 28.9. The molecule has 4 heteroatoms. The van der Waals surface area contributed by atoms with Gasteiger partial charge in [-0.3, -0.25) is 0 Å². The SMILES string of the molecule is C1=CC2c3ccccc3N(c3ccc(-c4nc(-c5ccccc5)cc(-c5ccccc5)n4)cc3)C2C=C1c1cccc2c1sc1ccccc12. The second-order valence-electron chi connectivity index (χ2n) is 12.9. The molecular formula is C46H31N3S. The van der Waals surface area contributed by atoms with Crippen molar-refractivity contribution in [2.24, 2.45) is 0 Å². The molecule has 2 atom stereocenters. The van der Waals surface area contributed by atoms with Crippen LogP contribution in [0.2, 0.25) is 0 Å². The summed E-state index contributed by atoms with van der Waals surface area (Å²) in [6.07, 6.45) is 7.23. The normalized spacial score (nSPS) is 16.4. The fourth-order valence-electron chi connectivity index (χ4n) is 7.66. The van der Waals surface area contributed by atoms with E-state index in [9.17, 15) is 0 Å². The highest BCUT2D eigenvalue weighted by molar-refractivity contribution is 7.26. The zero-order chi connectivity index (χ0) is 33.0. The van der Waals surface area contributed by atoms with Crippen molar-refractivity contribution in [2.45, 2.75) is 12.0 Å². The molecule has 50 heavy (non-hydrogen) atoms. The predicted molar refractivity (Wildman–Crippen MR) is 210 cm³/mol. The summed E-state index contributed by atoms with van der Waals surface area (Å²) < 4.78 is 2.68. The van der Waals surface area contributed by atoms with Gasteiger partial charge in [0.2, 0.25) is 0 Å². The lowest BCUT2D eigenvalue weighted by Gasteiger charge is -2.30. The minimum Gasteiger partial charge on any atom is -0.333 e. The molecule has 1 aliphatic carbocycles. The predicted octanol–water partition coefficient (Wildman–Crippen LogP) is 12.1. The van der Waals surface area contributed by atoms with Crippen LogP contribution in [0, 0.1) is 0 Å². The van der Waals surface area contributed by atoms with Gasteiger partial charge in [0, 0.05) is 54.2 Å². The van der Waals surface area contributed by atoms with E-state index in [0.29, 0.717) is 0 Å². The van der Waals surface area contributed by atoms with E-state index in [1.54, 1.807) is 0 Å². The maximum atomic E-state index is 5.07. The third-order valence-electron chi connectivity index (χ3n) is 10.0. The van der Waals surface area contributed by atoms with Crippen LogP contribution in [0.5, 0.6) is 0 Å². The van der Waals surface area contributed by atoms with Gasteiger partial charge in [-0.05, 0) is 59.2 Å². The maximum Gasteiger partial charge on any atom is 0.160 e. The van der Waals surface area contributed by atoms with E-state index in [1.165, 1.54) is 42.6 Å². The number of fused-ring (bicyclic) bond motifs is 6. The van der Waals surface area contributed by atoms with Crippen LogP contribution in [0.4, 0.5) is 11.4 Å². The molecule has 6 aromatic carbocycles. The number of anilines is 2. The van der Waals surface area contributed by atoms with E-state index in [2.05, 4.69) is 169 Å². The minimum atomic E-state index is 0.158. The van der Waals surface area contributed by atoms with Crippen molar-refractivity contribution in [2.75, 3.05) is 4.90 Å². The van der Waals surface area contributed by atoms with Gasteiger partial charge in [0.25, 0.3) is 0 Å². The first-order valence-corrected chi connectivity index (χ1v) is 17.9. The topological polar surface area (TPSA) is 29.0 Å². The molecule has 2 unspecified atom stereocenters. The zero-order valence-electron chi connectivity index (χ0n) is 27.1. The van der Waals surface area contributed by atoms with Crippen molar-refractivity contribution in [3.05, 3.63) is 187 Å². The lowest BCUT2D eigenvalue weighted by molar-refractivity contribution is 0.747. The Morgan fingerprint density at radius 2 is 1.22 bits per heavy atom. The second kappa shape index (κ2) is 11.8. The smallest absolute Gasteiger partial charge is 0.160 e. The van der Waals surface area contributed by atoms with E-state index < -0.39 is 0 Å². The molecule has 0 spiro atoms. The molecule has 0 amide bonds. The molecule has 3 nitrogen and oxygen atoms in total. The number of para-hydroxylation sites is 1. The summed E-state index contributed by atoms with van der Waals surface area (Å²) in [4.78, 5) is 12.6. The van der Waals surface area contributed by atoms with Crippen LogP contribution in [0.1, 0.15) is 17.0 Å². The maximum absolute atomic E-state index is 5.07. The number of hydrogen-bond donors (Lipinski definition) is 0. The van der Waals surface area contributed by atoms with Crippen LogP contribution < -0.4 is 4.90 Å². The molecule has 10 rings (SSSR count). The second-order valence-corrected chi connectivity index (χ2v) is 14.0. The molecular weight excluding hydrogens is 627 g/mol. The van der Waals surface area contributed by atoms with Crippen molar-refractivity contribution in [3.63, 3.8) is 0 Å². The Hall–Kier alpha value is -6.10. The zero-order valence-corrected chi connectivity index (χ0v) is 28.0. The van der Waals surface area contributed by atoms with Crippen LogP contribution in [0.15, 0.2) is 176 Å². The molecule has 2 aromatic heterocycles. The molecule has 0 N–H and O–H groups in total. The van der Waals surface area contributed by atoms with Gasteiger partial charge in [0.05, 0.1) is 17.4 Å². The summed E-state index contributed by atoms with van der Waals surface area (Å²) >= 11 is 1.89. The average Bonchev–Trinajstić information content (AvgIpc) is 3.74. The Kier molecular flexibility index (Phi) is 6.81. The summed E-state index contributed by atoms with van der Waals surface area (Å²) in [5.41, 5.74) is 11.3. The van der Waals surface area contributed by atoms with Gasteiger partial charge in [-0.2, -0.15) is 0 Å². The lowest BCUT2D eigenvalue weighted by Crippen LogP contribution is -2.29. The fourth-order valence-corrected chi connectivity index (χ4v) is 8.90. The molecule has 0 fully saturated rings. The molecule has 0 saturated heterocycles. The molecule has 2 aliphatic rings. The first-order chi connectivity index (χ1) is 24.8. The van der Waals surface area contributed by atoms with Gasteiger partial charge in [-0.1, -0.05) is 133 Å². The molecule has 1 aliphatic heterocycles. The third kappa shape index (κ3) is 4.80. The molecule has 0 radical (unpaired) electrons. The summed E-state index contributed by atoms with van der Waals surface area (Å²) in [6.45, 7) is 0. The lowest BCUT2D eigenvalue weighted by atomic mass is 9.86. The highest BCUT2D eigenvalue weighted by Crippen LogP contribution is 2.50. The van der Waals surface area contributed by atoms with Crippen LogP contribution in [-0.4, -0.2) is 16.0 Å². The minimum absolute atomic E-state index is 0.158. The molecule has 3 heterocycles. The first-order valence-electron chi connectivity index (χ1n) is 17.1. The van der Waals surface area contributed by atoms with E-state index in [-0.39, 0.29) is 12.0 Å². The fraction of sp³-hybridized carbons (Fsp3) is 0.0435. The van der Waals surface area contributed by atoms with Gasteiger partial charge < -0.3 is 4.90 Å². The molecule has 0 bridgehead atoms. The van der Waals surface area contributed by atoms with E-state index in [1.807, 2.05) is 23.5 Å². The Bertz CT molecular complexity index is 2540. The van der Waals surface area contributed by atoms with E-state index >= 15 is 0 Å². The summed E-state index contributed by atoms with van der Waals surface area (Å²) in [5, 5.41) is 2.66. The molecule has 8 aromatic rings. The van der Waals surface area contributed by atoms with Gasteiger partial charge >= 0.3 is 0 Å². The number of benzene rings is 6. The van der Waals surface area contributed by atoms with Crippen molar-refractivity contribution in [1.82, 2.24) is 9.97 Å². The van der Waals surface area contributed by atoms with Gasteiger partial charge in [-0.25, -0.2) is 9.97 Å². The van der Waals surface area contributed by atoms with Crippen LogP contribution >= 0.6 is 11.3 Å². The summed E-state index contributed by atoms with van der Waals surface area (Å²) in [6, 6.07) is 56.1. The third-order valence-corrected chi connectivity index (χ3v) is 11.3. The molecule has 236 valence electrons. The number of aromatic nitrogens is 2. The van der Waals surface area contributed by atoms with Crippen LogP contribution in [0.25, 0.3) is 59.6 Å². The van der Waals surface area contributed by atoms with Crippen molar-refractivity contribution >= 4 is 48.5 Å². The highest BCUT2D eigenvalue weighted by Gasteiger charge is 2.38. The summed E-state index contributed by atoms with van der Waals surface area (Å²) in [5.74, 6) is 0.992. The Labute approximate surface area is 295 Å².